The fraction of sp³-hybridized carbons (Fsp3) is 0.562. The molecule has 2 rings (SSSR count). The minimum Gasteiger partial charge on any atom is -0.396 e. The SMILES string of the molecule is Cc1ncc(CN(C=O)/C=C(\CCO)SSC[C@@H]2CCCO2)c(N)n1. The first kappa shape index (κ1) is 20.0. The van der Waals surface area contributed by atoms with Crippen molar-refractivity contribution in [2.24, 2.45) is 0 Å². The lowest BCUT2D eigenvalue weighted by Gasteiger charge is -2.16. The van der Waals surface area contributed by atoms with Gasteiger partial charge in [0.15, 0.2) is 0 Å². The van der Waals surface area contributed by atoms with E-state index in [1.54, 1.807) is 40.9 Å². The number of carbonyl (C=O) groups is 1. The molecule has 1 amide bonds. The quantitative estimate of drug-likeness (QED) is 0.467. The standard InChI is InChI=1S/C16H24N4O3S2/c1-12-18-7-13(16(17)19-12)8-20(11-22)9-15(4-5-21)25-24-10-14-3-2-6-23-14/h7,9,11,14,21H,2-6,8,10H2,1H3,(H2,17,18,19)/b15-9+/t14-/m0/s1. The monoisotopic (exact) mass is 384 g/mol. The lowest BCUT2D eigenvalue weighted by atomic mass is 10.3. The van der Waals surface area contributed by atoms with Gasteiger partial charge in [0.1, 0.15) is 11.6 Å². The molecule has 138 valence electrons. The predicted molar refractivity (Wildman–Crippen MR) is 102 cm³/mol. The Labute approximate surface area is 155 Å². The number of aryl methyl sites for hydroxylation is 1. The van der Waals surface area contributed by atoms with E-state index in [-0.39, 0.29) is 6.61 Å². The molecule has 1 aliphatic rings. The van der Waals surface area contributed by atoms with E-state index >= 15 is 0 Å². The summed E-state index contributed by atoms with van der Waals surface area (Å²) < 4.78 is 5.60. The number of nitrogens with zero attached hydrogens (tertiary/aromatic N) is 3. The second kappa shape index (κ2) is 10.6. The van der Waals surface area contributed by atoms with Gasteiger partial charge in [0, 0.05) is 48.3 Å². The number of ether oxygens (including phenoxy) is 1. The summed E-state index contributed by atoms with van der Waals surface area (Å²) in [4.78, 5) is 22.1. The molecule has 1 aromatic rings. The average molecular weight is 385 g/mol. The summed E-state index contributed by atoms with van der Waals surface area (Å²) in [6.45, 7) is 2.93. The maximum Gasteiger partial charge on any atom is 0.214 e. The van der Waals surface area contributed by atoms with Crippen molar-refractivity contribution in [2.45, 2.75) is 38.8 Å². The number of aliphatic hydroxyl groups excluding tert-OH is 1. The Balaban J connectivity index is 1.95. The molecule has 1 saturated heterocycles. The van der Waals surface area contributed by atoms with Crippen molar-refractivity contribution in [3.8, 4) is 0 Å². The zero-order chi connectivity index (χ0) is 18.1. The smallest absolute Gasteiger partial charge is 0.214 e. The van der Waals surface area contributed by atoms with E-state index in [0.717, 1.165) is 36.5 Å². The second-order valence-corrected chi connectivity index (χ2v) is 8.14. The molecule has 1 aliphatic heterocycles. The third kappa shape index (κ3) is 6.85. The number of rotatable bonds is 10. The first-order valence-corrected chi connectivity index (χ1v) is 10.5. The molecule has 0 aromatic carbocycles. The van der Waals surface area contributed by atoms with Crippen molar-refractivity contribution >= 4 is 33.8 Å². The van der Waals surface area contributed by atoms with Gasteiger partial charge >= 0.3 is 0 Å². The third-order valence-corrected chi connectivity index (χ3v) is 6.17. The van der Waals surface area contributed by atoms with Crippen LogP contribution in [-0.2, 0) is 16.1 Å². The van der Waals surface area contributed by atoms with Crippen LogP contribution < -0.4 is 5.73 Å². The molecule has 3 N–H and O–H groups in total. The summed E-state index contributed by atoms with van der Waals surface area (Å²) in [5.41, 5.74) is 6.58. The van der Waals surface area contributed by atoms with Crippen LogP contribution >= 0.6 is 21.6 Å². The summed E-state index contributed by atoms with van der Waals surface area (Å²) in [6, 6.07) is 0. The first-order chi connectivity index (χ1) is 12.1. The van der Waals surface area contributed by atoms with E-state index in [2.05, 4.69) is 9.97 Å². The van der Waals surface area contributed by atoms with Crippen LogP contribution in [0.4, 0.5) is 5.82 Å². The van der Waals surface area contributed by atoms with Gasteiger partial charge in [-0.25, -0.2) is 9.97 Å². The van der Waals surface area contributed by atoms with Crippen LogP contribution in [0, 0.1) is 6.92 Å². The summed E-state index contributed by atoms with van der Waals surface area (Å²) >= 11 is 0. The van der Waals surface area contributed by atoms with Gasteiger partial charge in [-0.2, -0.15) is 0 Å². The highest BCUT2D eigenvalue weighted by molar-refractivity contribution is 8.78. The average Bonchev–Trinajstić information content (AvgIpc) is 3.10. The van der Waals surface area contributed by atoms with E-state index in [0.29, 0.717) is 36.3 Å². The highest BCUT2D eigenvalue weighted by Crippen LogP contribution is 2.34. The second-order valence-electron chi connectivity index (χ2n) is 5.68. The van der Waals surface area contributed by atoms with Crippen LogP contribution in [0.3, 0.4) is 0 Å². The molecule has 0 unspecified atom stereocenters. The van der Waals surface area contributed by atoms with Crippen molar-refractivity contribution in [3.05, 3.63) is 28.7 Å². The largest absolute Gasteiger partial charge is 0.396 e. The van der Waals surface area contributed by atoms with Crippen molar-refractivity contribution in [1.82, 2.24) is 14.9 Å². The fourth-order valence-electron chi connectivity index (χ4n) is 2.33. The predicted octanol–water partition coefficient (Wildman–Crippen LogP) is 2.11. The number of aromatic nitrogens is 2. The Morgan fingerprint density at radius 2 is 2.44 bits per heavy atom. The van der Waals surface area contributed by atoms with Gasteiger partial charge in [-0.15, -0.1) is 0 Å². The van der Waals surface area contributed by atoms with Crippen molar-refractivity contribution < 1.29 is 14.6 Å². The van der Waals surface area contributed by atoms with Crippen LogP contribution in [0.1, 0.15) is 30.7 Å². The molecular formula is C16H24N4O3S2. The molecule has 0 spiro atoms. The van der Waals surface area contributed by atoms with Crippen molar-refractivity contribution in [2.75, 3.05) is 24.7 Å². The highest BCUT2D eigenvalue weighted by atomic mass is 33.1. The first-order valence-electron chi connectivity index (χ1n) is 8.14. The number of hydrogen-bond donors (Lipinski definition) is 2. The molecule has 1 fully saturated rings. The Morgan fingerprint density at radius 3 is 3.08 bits per heavy atom. The van der Waals surface area contributed by atoms with Gasteiger partial charge in [0.2, 0.25) is 6.41 Å². The van der Waals surface area contributed by atoms with Gasteiger partial charge in [-0.1, -0.05) is 21.6 Å². The molecule has 25 heavy (non-hydrogen) atoms. The molecule has 0 bridgehead atoms. The Bertz CT molecular complexity index is 595. The van der Waals surface area contributed by atoms with Crippen LogP contribution in [0.15, 0.2) is 17.3 Å². The van der Waals surface area contributed by atoms with E-state index in [1.165, 1.54) is 4.90 Å². The molecule has 2 heterocycles. The van der Waals surface area contributed by atoms with Crippen molar-refractivity contribution in [3.63, 3.8) is 0 Å². The summed E-state index contributed by atoms with van der Waals surface area (Å²) in [7, 11) is 3.25. The number of hydrogen-bond acceptors (Lipinski definition) is 8. The Hall–Kier alpha value is -1.29. The summed E-state index contributed by atoms with van der Waals surface area (Å²) in [6.07, 6.45) is 7.13. The zero-order valence-electron chi connectivity index (χ0n) is 14.3. The van der Waals surface area contributed by atoms with Crippen LogP contribution in [-0.4, -0.2) is 51.5 Å². The van der Waals surface area contributed by atoms with Crippen LogP contribution in [0.25, 0.3) is 0 Å². The van der Waals surface area contributed by atoms with Gasteiger partial charge in [0.25, 0.3) is 0 Å². The summed E-state index contributed by atoms with van der Waals surface area (Å²) in [5, 5.41) is 9.26. The van der Waals surface area contributed by atoms with Gasteiger partial charge in [0.05, 0.1) is 12.6 Å². The molecule has 9 heteroatoms. The minimum absolute atomic E-state index is 0.0296. The van der Waals surface area contributed by atoms with Crippen LogP contribution in [0.2, 0.25) is 0 Å². The Morgan fingerprint density at radius 1 is 1.60 bits per heavy atom. The van der Waals surface area contributed by atoms with Crippen LogP contribution in [0.5, 0.6) is 0 Å². The van der Waals surface area contributed by atoms with Gasteiger partial charge in [-0.3, -0.25) is 4.79 Å². The van der Waals surface area contributed by atoms with E-state index in [4.69, 9.17) is 10.5 Å². The lowest BCUT2D eigenvalue weighted by molar-refractivity contribution is -0.116. The number of carbonyl (C=O) groups excluding carboxylic acids is 1. The third-order valence-electron chi connectivity index (χ3n) is 3.62. The minimum atomic E-state index is 0.0296. The molecule has 7 nitrogen and oxygen atoms in total. The lowest BCUT2D eigenvalue weighted by Crippen LogP contribution is -2.17. The normalized spacial score (nSPS) is 17.7. The van der Waals surface area contributed by atoms with E-state index < -0.39 is 0 Å². The van der Waals surface area contributed by atoms with Gasteiger partial charge < -0.3 is 20.5 Å². The maximum absolute atomic E-state index is 11.4. The molecule has 1 aromatic heterocycles. The topological polar surface area (TPSA) is 102 Å². The zero-order valence-corrected chi connectivity index (χ0v) is 15.9. The van der Waals surface area contributed by atoms with Gasteiger partial charge in [-0.05, 0) is 19.8 Å². The number of amides is 1. The molecule has 1 atom stereocenters. The number of anilines is 1. The van der Waals surface area contributed by atoms with E-state index in [9.17, 15) is 9.90 Å². The molecule has 0 radical (unpaired) electrons. The summed E-state index contributed by atoms with van der Waals surface area (Å²) in [5.74, 6) is 1.86. The number of nitrogens with two attached hydrogens (primary N) is 1. The molecule has 0 aliphatic carbocycles. The van der Waals surface area contributed by atoms with Crippen molar-refractivity contribution in [1.29, 1.82) is 0 Å². The number of aliphatic hydroxyl groups is 1. The number of nitrogen functional groups attached to an aromatic ring is 1. The fourth-order valence-corrected chi connectivity index (χ4v) is 4.81. The highest BCUT2D eigenvalue weighted by Gasteiger charge is 2.16. The molecule has 0 saturated carbocycles. The Kier molecular flexibility index (Phi) is 8.53. The molecular weight excluding hydrogens is 360 g/mol. The van der Waals surface area contributed by atoms with E-state index in [1.807, 2.05) is 0 Å². The maximum atomic E-state index is 11.4.